The van der Waals surface area contributed by atoms with E-state index in [1.165, 1.54) is 0 Å². The number of alkyl halides is 3. The van der Waals surface area contributed by atoms with E-state index in [9.17, 15) is 13.2 Å². The highest BCUT2D eigenvalue weighted by Gasteiger charge is 2.12. The quantitative estimate of drug-likeness (QED) is 0.571. The third kappa shape index (κ3) is 4.65. The zero-order valence-corrected chi connectivity index (χ0v) is 6.12. The van der Waals surface area contributed by atoms with Crippen LogP contribution in [0.3, 0.4) is 0 Å². The Hall–Kier alpha value is -0.210. The molecule has 0 spiro atoms. The molecule has 0 aliphatic heterocycles. The minimum atomic E-state index is -1.31. The molecule has 62 valence electrons. The van der Waals surface area contributed by atoms with Crippen molar-refractivity contribution in [3.63, 3.8) is 0 Å². The third-order valence-electron chi connectivity index (χ3n) is 1.38. The second-order valence-corrected chi connectivity index (χ2v) is 2.32. The monoisotopic (exact) mass is 154 g/mol. The van der Waals surface area contributed by atoms with Crippen molar-refractivity contribution in [1.82, 2.24) is 0 Å². The van der Waals surface area contributed by atoms with Crippen LogP contribution in [-0.2, 0) is 0 Å². The van der Waals surface area contributed by atoms with Crippen LogP contribution >= 0.6 is 0 Å². The first-order valence-corrected chi connectivity index (χ1v) is 3.54. The van der Waals surface area contributed by atoms with Gasteiger partial charge in [-0.1, -0.05) is 6.92 Å². The van der Waals surface area contributed by atoms with E-state index in [4.69, 9.17) is 0 Å². The maximum absolute atomic E-state index is 12.4. The van der Waals surface area contributed by atoms with Crippen molar-refractivity contribution in [2.45, 2.75) is 38.5 Å². The lowest BCUT2D eigenvalue weighted by Crippen LogP contribution is -2.09. The summed E-state index contributed by atoms with van der Waals surface area (Å²) in [5.41, 5.74) is 0. The largest absolute Gasteiger partial charge is 0.251 e. The van der Waals surface area contributed by atoms with Crippen LogP contribution in [0.25, 0.3) is 0 Å². The summed E-state index contributed by atoms with van der Waals surface area (Å²) in [5, 5.41) is 0. The summed E-state index contributed by atoms with van der Waals surface area (Å²) >= 11 is 0. The summed E-state index contributed by atoms with van der Waals surface area (Å²) in [5.74, 6) is 0. The highest BCUT2D eigenvalue weighted by atomic mass is 19.2. The molecule has 0 aromatic rings. The van der Waals surface area contributed by atoms with Gasteiger partial charge in [0.15, 0.2) is 0 Å². The predicted molar refractivity (Wildman–Crippen MR) is 35.3 cm³/mol. The molecule has 0 aliphatic rings. The van der Waals surface area contributed by atoms with Crippen molar-refractivity contribution in [2.75, 3.05) is 6.67 Å². The third-order valence-corrected chi connectivity index (χ3v) is 1.38. The molecule has 0 amide bonds. The van der Waals surface area contributed by atoms with Gasteiger partial charge in [0.05, 0.1) is 6.67 Å². The van der Waals surface area contributed by atoms with E-state index in [0.29, 0.717) is 6.42 Å². The Bertz CT molecular complexity index is 75.3. The van der Waals surface area contributed by atoms with Crippen LogP contribution in [0.5, 0.6) is 0 Å². The Balaban J connectivity index is 3.27. The Morgan fingerprint density at radius 2 is 1.80 bits per heavy atom. The van der Waals surface area contributed by atoms with Crippen molar-refractivity contribution in [1.29, 1.82) is 0 Å². The summed E-state index contributed by atoms with van der Waals surface area (Å²) in [6.45, 7) is 0.949. The molecule has 10 heavy (non-hydrogen) atoms. The molecule has 1 unspecified atom stereocenters. The molecule has 0 aliphatic carbocycles. The van der Waals surface area contributed by atoms with Gasteiger partial charge >= 0.3 is 0 Å². The van der Waals surface area contributed by atoms with Crippen molar-refractivity contribution in [3.8, 4) is 0 Å². The van der Waals surface area contributed by atoms with E-state index < -0.39 is 19.0 Å². The lowest BCUT2D eigenvalue weighted by molar-refractivity contribution is 0.196. The van der Waals surface area contributed by atoms with Gasteiger partial charge in [0.25, 0.3) is 0 Å². The second kappa shape index (κ2) is 5.57. The standard InChI is InChI=1S/C7H13F3/c1-2-6(9)5-7(10)3-4-8/h6-7H,2-5H2,1H3/t6?,7-/m0/s1. The molecule has 0 bridgehead atoms. The second-order valence-electron chi connectivity index (χ2n) is 2.32. The SMILES string of the molecule is CCC(F)C[C@@H](F)CCF. The van der Waals surface area contributed by atoms with Crippen molar-refractivity contribution in [2.24, 2.45) is 0 Å². The molecule has 0 nitrogen and oxygen atoms in total. The Kier molecular flexibility index (Phi) is 5.45. The normalized spacial score (nSPS) is 16.8. The molecule has 0 fully saturated rings. The van der Waals surface area contributed by atoms with Crippen LogP contribution in [0, 0.1) is 0 Å². The highest BCUT2D eigenvalue weighted by molar-refractivity contribution is 4.62. The number of hydrogen-bond donors (Lipinski definition) is 0. The van der Waals surface area contributed by atoms with E-state index in [1.807, 2.05) is 0 Å². The Labute approximate surface area is 59.4 Å². The minimum Gasteiger partial charge on any atom is -0.251 e. The number of hydrogen-bond acceptors (Lipinski definition) is 0. The molecule has 0 radical (unpaired) electrons. The predicted octanol–water partition coefficient (Wildman–Crippen LogP) is 2.82. The number of halogens is 3. The molecule has 2 atom stereocenters. The molecular formula is C7H13F3. The number of rotatable bonds is 5. The maximum Gasteiger partial charge on any atom is 0.105 e. The van der Waals surface area contributed by atoms with E-state index in [-0.39, 0.29) is 12.8 Å². The fraction of sp³-hybridized carbons (Fsp3) is 1.00. The van der Waals surface area contributed by atoms with Crippen LogP contribution in [0.2, 0.25) is 0 Å². The topological polar surface area (TPSA) is 0 Å². The summed E-state index contributed by atoms with van der Waals surface area (Å²) in [6, 6.07) is 0. The average molecular weight is 154 g/mol. The summed E-state index contributed by atoms with van der Waals surface area (Å²) in [4.78, 5) is 0. The smallest absolute Gasteiger partial charge is 0.105 e. The first-order valence-electron chi connectivity index (χ1n) is 3.54. The van der Waals surface area contributed by atoms with Gasteiger partial charge < -0.3 is 0 Å². The van der Waals surface area contributed by atoms with Crippen LogP contribution < -0.4 is 0 Å². The van der Waals surface area contributed by atoms with Crippen LogP contribution in [0.1, 0.15) is 26.2 Å². The van der Waals surface area contributed by atoms with Gasteiger partial charge in [0, 0.05) is 12.8 Å². The van der Waals surface area contributed by atoms with E-state index >= 15 is 0 Å². The van der Waals surface area contributed by atoms with Gasteiger partial charge in [-0.3, -0.25) is 4.39 Å². The molecule has 0 heterocycles. The molecule has 3 heteroatoms. The fourth-order valence-electron chi connectivity index (χ4n) is 0.680. The van der Waals surface area contributed by atoms with Crippen molar-refractivity contribution in [3.05, 3.63) is 0 Å². The van der Waals surface area contributed by atoms with Gasteiger partial charge in [-0.15, -0.1) is 0 Å². The van der Waals surface area contributed by atoms with Gasteiger partial charge in [-0.25, -0.2) is 8.78 Å². The van der Waals surface area contributed by atoms with Crippen molar-refractivity contribution < 1.29 is 13.2 Å². The molecule has 0 aromatic heterocycles. The molecular weight excluding hydrogens is 141 g/mol. The van der Waals surface area contributed by atoms with Crippen molar-refractivity contribution >= 4 is 0 Å². The lowest BCUT2D eigenvalue weighted by Gasteiger charge is -2.07. The van der Waals surface area contributed by atoms with Crippen LogP contribution in [-0.4, -0.2) is 19.0 Å². The highest BCUT2D eigenvalue weighted by Crippen LogP contribution is 2.11. The Morgan fingerprint density at radius 1 is 1.20 bits per heavy atom. The summed E-state index contributed by atoms with van der Waals surface area (Å²) < 4.78 is 36.1. The van der Waals surface area contributed by atoms with E-state index in [2.05, 4.69) is 0 Å². The zero-order chi connectivity index (χ0) is 7.98. The lowest BCUT2D eigenvalue weighted by atomic mass is 10.1. The van der Waals surface area contributed by atoms with E-state index in [0.717, 1.165) is 0 Å². The molecule has 0 aromatic carbocycles. The maximum atomic E-state index is 12.4. The first kappa shape index (κ1) is 9.79. The molecule has 0 saturated carbocycles. The van der Waals surface area contributed by atoms with Gasteiger partial charge in [-0.05, 0) is 6.42 Å². The van der Waals surface area contributed by atoms with Gasteiger partial charge in [0.1, 0.15) is 12.3 Å². The molecule has 0 saturated heterocycles. The van der Waals surface area contributed by atoms with Crippen LogP contribution in [0.4, 0.5) is 13.2 Å². The van der Waals surface area contributed by atoms with Gasteiger partial charge in [0.2, 0.25) is 0 Å². The van der Waals surface area contributed by atoms with E-state index in [1.54, 1.807) is 6.92 Å². The van der Waals surface area contributed by atoms with Crippen LogP contribution in [0.15, 0.2) is 0 Å². The summed E-state index contributed by atoms with van der Waals surface area (Å²) in [7, 11) is 0. The average Bonchev–Trinajstić information content (AvgIpc) is 1.88. The zero-order valence-electron chi connectivity index (χ0n) is 6.12. The molecule has 0 N–H and O–H groups in total. The minimum absolute atomic E-state index is 0.152. The first-order chi connectivity index (χ1) is 4.70. The fourth-order valence-corrected chi connectivity index (χ4v) is 0.680. The summed E-state index contributed by atoms with van der Waals surface area (Å²) in [6.07, 6.45) is -2.42. The Morgan fingerprint density at radius 3 is 2.20 bits per heavy atom. The molecule has 0 rings (SSSR count). The van der Waals surface area contributed by atoms with Gasteiger partial charge in [-0.2, -0.15) is 0 Å².